The average Bonchev–Trinajstić information content (AvgIpc) is 3.09. The molecular formula is C18H35IN6O2. The molecule has 1 heterocycles. The predicted molar refractivity (Wildman–Crippen MR) is 120 cm³/mol. The number of ether oxygens (including phenoxy) is 1. The Labute approximate surface area is 179 Å². The number of nitrogens with one attached hydrogen (secondary N) is 3. The molecule has 0 spiro atoms. The van der Waals surface area contributed by atoms with Crippen molar-refractivity contribution in [3.8, 4) is 0 Å². The minimum absolute atomic E-state index is 0. The van der Waals surface area contributed by atoms with E-state index in [1.54, 1.807) is 13.1 Å². The molecule has 3 N–H and O–H groups in total. The van der Waals surface area contributed by atoms with E-state index in [4.69, 9.17) is 4.74 Å². The number of carbonyl (C=O) groups is 1. The van der Waals surface area contributed by atoms with Crippen LogP contribution in [-0.4, -0.2) is 54.1 Å². The lowest BCUT2D eigenvalue weighted by Crippen LogP contribution is -2.42. The normalized spacial score (nSPS) is 12.3. The zero-order valence-electron chi connectivity index (χ0n) is 16.9. The van der Waals surface area contributed by atoms with Crippen LogP contribution in [0.4, 0.5) is 4.79 Å². The lowest BCUT2D eigenvalue weighted by Gasteiger charge is -2.19. The minimum Gasteiger partial charge on any atom is -0.450 e. The van der Waals surface area contributed by atoms with Crippen molar-refractivity contribution in [3.63, 3.8) is 0 Å². The standard InChI is InChI=1S/C18H34N6O2.HI/c1-5-19-17(20-9-7-11-24-12-8-10-22-24)21-14-16(13-15(3)4)23-18(25)26-6-2;/h8,10,12,15-16H,5-7,9,11,13-14H2,1-4H3,(H,23,25)(H2,19,20,21);1H. The highest BCUT2D eigenvalue weighted by Crippen LogP contribution is 2.05. The van der Waals surface area contributed by atoms with Crippen LogP contribution in [0.15, 0.2) is 23.5 Å². The van der Waals surface area contributed by atoms with E-state index in [9.17, 15) is 4.79 Å². The number of guanidine groups is 1. The highest BCUT2D eigenvalue weighted by atomic mass is 127. The summed E-state index contributed by atoms with van der Waals surface area (Å²) in [5.74, 6) is 1.22. The molecule has 9 heteroatoms. The molecule has 1 atom stereocenters. The van der Waals surface area contributed by atoms with Gasteiger partial charge in [0.25, 0.3) is 0 Å². The number of alkyl carbamates (subject to hydrolysis) is 1. The molecule has 0 aliphatic carbocycles. The molecule has 1 amide bonds. The van der Waals surface area contributed by atoms with Crippen molar-refractivity contribution < 1.29 is 9.53 Å². The molecule has 0 fully saturated rings. The van der Waals surface area contributed by atoms with Gasteiger partial charge in [-0.25, -0.2) is 4.79 Å². The Morgan fingerprint density at radius 2 is 2.07 bits per heavy atom. The summed E-state index contributed by atoms with van der Waals surface area (Å²) >= 11 is 0. The second-order valence-electron chi connectivity index (χ2n) is 6.46. The Morgan fingerprint density at radius 3 is 2.67 bits per heavy atom. The van der Waals surface area contributed by atoms with E-state index in [-0.39, 0.29) is 36.1 Å². The average molecular weight is 494 g/mol. The van der Waals surface area contributed by atoms with Gasteiger partial charge in [0.15, 0.2) is 5.96 Å². The SMILES string of the molecule is CCNC(=NCC(CC(C)C)NC(=O)OCC)NCCCn1cccn1.I. The summed E-state index contributed by atoms with van der Waals surface area (Å²) in [7, 11) is 0. The number of halogens is 1. The van der Waals surface area contributed by atoms with Gasteiger partial charge in [-0.3, -0.25) is 9.67 Å². The third kappa shape index (κ3) is 12.5. The fourth-order valence-corrected chi connectivity index (χ4v) is 2.51. The zero-order chi connectivity index (χ0) is 19.2. The van der Waals surface area contributed by atoms with Crippen LogP contribution in [0.25, 0.3) is 0 Å². The highest BCUT2D eigenvalue weighted by molar-refractivity contribution is 14.0. The van der Waals surface area contributed by atoms with Crippen molar-refractivity contribution in [3.05, 3.63) is 18.5 Å². The van der Waals surface area contributed by atoms with Crippen LogP contribution in [-0.2, 0) is 11.3 Å². The number of rotatable bonds is 11. The first-order valence-electron chi connectivity index (χ1n) is 9.48. The first-order chi connectivity index (χ1) is 12.5. The quantitative estimate of drug-likeness (QED) is 0.190. The van der Waals surface area contributed by atoms with Crippen LogP contribution in [0.3, 0.4) is 0 Å². The molecule has 1 aromatic heterocycles. The summed E-state index contributed by atoms with van der Waals surface area (Å²) in [5, 5.41) is 13.6. The Balaban J connectivity index is 0.00000676. The smallest absolute Gasteiger partial charge is 0.407 e. The van der Waals surface area contributed by atoms with E-state index in [0.29, 0.717) is 19.1 Å². The fourth-order valence-electron chi connectivity index (χ4n) is 2.51. The predicted octanol–water partition coefficient (Wildman–Crippen LogP) is 2.61. The number of aliphatic imine (C=N–C) groups is 1. The molecule has 0 radical (unpaired) electrons. The monoisotopic (exact) mass is 494 g/mol. The molecule has 0 aliphatic heterocycles. The summed E-state index contributed by atoms with van der Waals surface area (Å²) in [6.07, 6.45) is 5.15. The second-order valence-corrected chi connectivity index (χ2v) is 6.46. The molecule has 0 saturated carbocycles. The number of carbonyl (C=O) groups excluding carboxylic acids is 1. The molecule has 0 aromatic carbocycles. The zero-order valence-corrected chi connectivity index (χ0v) is 19.2. The number of hydrogen-bond donors (Lipinski definition) is 3. The number of amides is 1. The first-order valence-corrected chi connectivity index (χ1v) is 9.48. The van der Waals surface area contributed by atoms with Gasteiger partial charge in [0.1, 0.15) is 0 Å². The highest BCUT2D eigenvalue weighted by Gasteiger charge is 2.14. The summed E-state index contributed by atoms with van der Waals surface area (Å²) in [6, 6.07) is 1.87. The third-order valence-corrected chi connectivity index (χ3v) is 3.58. The van der Waals surface area contributed by atoms with Gasteiger partial charge in [0.2, 0.25) is 0 Å². The van der Waals surface area contributed by atoms with E-state index in [2.05, 4.69) is 39.9 Å². The second kappa shape index (κ2) is 15.5. The van der Waals surface area contributed by atoms with Gasteiger partial charge >= 0.3 is 6.09 Å². The topological polar surface area (TPSA) is 92.6 Å². The van der Waals surface area contributed by atoms with E-state index in [0.717, 1.165) is 38.4 Å². The summed E-state index contributed by atoms with van der Waals surface area (Å²) < 4.78 is 6.90. The minimum atomic E-state index is -0.384. The van der Waals surface area contributed by atoms with Gasteiger partial charge in [0, 0.05) is 32.0 Å². The van der Waals surface area contributed by atoms with Crippen LogP contribution in [0, 0.1) is 5.92 Å². The molecule has 0 bridgehead atoms. The van der Waals surface area contributed by atoms with Crippen molar-refractivity contribution in [1.29, 1.82) is 0 Å². The van der Waals surface area contributed by atoms with Gasteiger partial charge in [-0.05, 0) is 38.7 Å². The maximum atomic E-state index is 11.7. The summed E-state index contributed by atoms with van der Waals surface area (Å²) in [5.41, 5.74) is 0. The Morgan fingerprint density at radius 1 is 1.30 bits per heavy atom. The molecule has 27 heavy (non-hydrogen) atoms. The van der Waals surface area contributed by atoms with Crippen LogP contribution in [0.2, 0.25) is 0 Å². The van der Waals surface area contributed by atoms with E-state index >= 15 is 0 Å². The van der Waals surface area contributed by atoms with Crippen molar-refractivity contribution in [2.24, 2.45) is 10.9 Å². The maximum Gasteiger partial charge on any atom is 0.407 e. The lowest BCUT2D eigenvalue weighted by atomic mass is 10.0. The molecular weight excluding hydrogens is 459 g/mol. The Hall–Kier alpha value is -1.52. The molecule has 1 unspecified atom stereocenters. The fraction of sp³-hybridized carbons (Fsp3) is 0.722. The van der Waals surface area contributed by atoms with E-state index < -0.39 is 0 Å². The van der Waals surface area contributed by atoms with E-state index in [1.165, 1.54) is 0 Å². The molecule has 8 nitrogen and oxygen atoms in total. The molecule has 0 aliphatic rings. The van der Waals surface area contributed by atoms with Crippen molar-refractivity contribution in [1.82, 2.24) is 25.7 Å². The summed E-state index contributed by atoms with van der Waals surface area (Å²) in [4.78, 5) is 16.3. The van der Waals surface area contributed by atoms with Crippen LogP contribution in [0.1, 0.15) is 40.5 Å². The van der Waals surface area contributed by atoms with E-state index in [1.807, 2.05) is 23.9 Å². The van der Waals surface area contributed by atoms with Gasteiger partial charge in [-0.15, -0.1) is 24.0 Å². The van der Waals surface area contributed by atoms with Crippen LogP contribution in [0.5, 0.6) is 0 Å². The third-order valence-electron chi connectivity index (χ3n) is 3.58. The van der Waals surface area contributed by atoms with Crippen LogP contribution >= 0.6 is 24.0 Å². The largest absolute Gasteiger partial charge is 0.450 e. The Kier molecular flexibility index (Phi) is 14.7. The number of aromatic nitrogens is 2. The van der Waals surface area contributed by atoms with Gasteiger partial charge in [0.05, 0.1) is 19.2 Å². The van der Waals surface area contributed by atoms with Crippen molar-refractivity contribution in [2.75, 3.05) is 26.2 Å². The van der Waals surface area contributed by atoms with Gasteiger partial charge in [-0.1, -0.05) is 13.8 Å². The van der Waals surface area contributed by atoms with Crippen molar-refractivity contribution in [2.45, 2.75) is 53.1 Å². The van der Waals surface area contributed by atoms with Gasteiger partial charge in [-0.2, -0.15) is 5.10 Å². The molecule has 1 aromatic rings. The van der Waals surface area contributed by atoms with Crippen molar-refractivity contribution >= 4 is 36.0 Å². The number of nitrogens with zero attached hydrogens (tertiary/aromatic N) is 3. The maximum absolute atomic E-state index is 11.7. The summed E-state index contributed by atoms with van der Waals surface area (Å²) in [6.45, 7) is 11.4. The van der Waals surface area contributed by atoms with Crippen LogP contribution < -0.4 is 16.0 Å². The number of aryl methyl sites for hydroxylation is 1. The van der Waals surface area contributed by atoms with Gasteiger partial charge < -0.3 is 20.7 Å². The molecule has 0 saturated heterocycles. The number of hydrogen-bond acceptors (Lipinski definition) is 4. The molecule has 1 rings (SSSR count). The molecule has 156 valence electrons. The Bertz CT molecular complexity index is 522. The first kappa shape index (κ1) is 25.5. The lowest BCUT2D eigenvalue weighted by molar-refractivity contribution is 0.147.